The van der Waals surface area contributed by atoms with E-state index in [9.17, 15) is 4.80 Å². The summed E-state index contributed by atoms with van der Waals surface area (Å²) in [5, 5.41) is 0.191. The van der Waals surface area contributed by atoms with Crippen LogP contribution in [0.15, 0.2) is 0 Å². The molecule has 0 radical (unpaired) electrons. The standard InChI is InChI=1S/C9H22OSi/c1-6-9(4,5)11(10,7-2)8-3/h10H,6-8H2,1-5H3. The molecule has 0 spiro atoms. The van der Waals surface area contributed by atoms with Gasteiger partial charge < -0.3 is 4.80 Å². The van der Waals surface area contributed by atoms with E-state index < -0.39 is 8.32 Å². The minimum absolute atomic E-state index is 0.191. The first-order valence-electron chi connectivity index (χ1n) is 4.66. The molecule has 1 nitrogen and oxygen atoms in total. The maximum atomic E-state index is 10.3. The second kappa shape index (κ2) is 3.72. The first-order valence-corrected chi connectivity index (χ1v) is 7.02. The molecule has 0 rings (SSSR count). The van der Waals surface area contributed by atoms with Crippen molar-refractivity contribution >= 4 is 8.32 Å². The van der Waals surface area contributed by atoms with Gasteiger partial charge in [-0.1, -0.05) is 41.0 Å². The average molecular weight is 174 g/mol. The molecule has 0 saturated heterocycles. The maximum absolute atomic E-state index is 10.3. The Morgan fingerprint density at radius 1 is 1.09 bits per heavy atom. The largest absolute Gasteiger partial charge is 0.431 e. The molecule has 0 aliphatic rings. The van der Waals surface area contributed by atoms with Gasteiger partial charge in [-0.15, -0.1) is 0 Å². The number of rotatable bonds is 4. The Labute approximate surface area is 72.0 Å². The zero-order valence-electron chi connectivity index (χ0n) is 8.57. The summed E-state index contributed by atoms with van der Waals surface area (Å²) in [7, 11) is -1.92. The quantitative estimate of drug-likeness (QED) is 0.649. The van der Waals surface area contributed by atoms with Gasteiger partial charge in [0.2, 0.25) is 0 Å². The molecule has 0 fully saturated rings. The van der Waals surface area contributed by atoms with Crippen LogP contribution in [0.4, 0.5) is 0 Å². The predicted molar refractivity (Wildman–Crippen MR) is 53.3 cm³/mol. The Morgan fingerprint density at radius 2 is 1.45 bits per heavy atom. The molecule has 0 aromatic carbocycles. The van der Waals surface area contributed by atoms with E-state index in [4.69, 9.17) is 0 Å². The molecule has 0 aromatic rings. The summed E-state index contributed by atoms with van der Waals surface area (Å²) in [4.78, 5) is 10.3. The van der Waals surface area contributed by atoms with Crippen molar-refractivity contribution in [2.75, 3.05) is 0 Å². The molecule has 0 aromatic heterocycles. The fourth-order valence-corrected chi connectivity index (χ4v) is 4.61. The van der Waals surface area contributed by atoms with Crippen LogP contribution in [-0.2, 0) is 0 Å². The second-order valence-corrected chi connectivity index (χ2v) is 8.81. The highest BCUT2D eigenvalue weighted by atomic mass is 28.4. The van der Waals surface area contributed by atoms with Crippen LogP contribution in [0.3, 0.4) is 0 Å². The van der Waals surface area contributed by atoms with Gasteiger partial charge in [0.25, 0.3) is 0 Å². The molecule has 0 aliphatic carbocycles. The van der Waals surface area contributed by atoms with Gasteiger partial charge in [0.15, 0.2) is 8.32 Å². The zero-order chi connectivity index (χ0) is 9.12. The Balaban J connectivity index is 4.47. The molecule has 0 atom stereocenters. The van der Waals surface area contributed by atoms with E-state index in [1.165, 1.54) is 0 Å². The summed E-state index contributed by atoms with van der Waals surface area (Å²) in [5.41, 5.74) is 0. The molecule has 0 heterocycles. The number of hydrogen-bond acceptors (Lipinski definition) is 1. The van der Waals surface area contributed by atoms with Gasteiger partial charge >= 0.3 is 0 Å². The highest BCUT2D eigenvalue weighted by Gasteiger charge is 2.41. The van der Waals surface area contributed by atoms with Crippen molar-refractivity contribution in [3.8, 4) is 0 Å². The van der Waals surface area contributed by atoms with Gasteiger partial charge in [0.05, 0.1) is 0 Å². The molecular formula is C9H22OSi. The van der Waals surface area contributed by atoms with Crippen molar-refractivity contribution in [3.05, 3.63) is 0 Å². The van der Waals surface area contributed by atoms with Crippen molar-refractivity contribution in [2.45, 2.75) is 58.2 Å². The Bertz CT molecular complexity index is 117. The van der Waals surface area contributed by atoms with Crippen LogP contribution in [0.1, 0.15) is 41.0 Å². The van der Waals surface area contributed by atoms with E-state index >= 15 is 0 Å². The summed E-state index contributed by atoms with van der Waals surface area (Å²) >= 11 is 0. The summed E-state index contributed by atoms with van der Waals surface area (Å²) in [6.07, 6.45) is 1.09. The molecule has 11 heavy (non-hydrogen) atoms. The third-order valence-electron chi connectivity index (χ3n) is 3.31. The van der Waals surface area contributed by atoms with E-state index in [1.807, 2.05) is 0 Å². The summed E-state index contributed by atoms with van der Waals surface area (Å²) < 4.78 is 0. The van der Waals surface area contributed by atoms with Gasteiger partial charge in [-0.05, 0) is 17.1 Å². The minimum Gasteiger partial charge on any atom is -0.431 e. The van der Waals surface area contributed by atoms with Gasteiger partial charge in [0.1, 0.15) is 0 Å². The van der Waals surface area contributed by atoms with Crippen molar-refractivity contribution < 1.29 is 4.80 Å². The van der Waals surface area contributed by atoms with Crippen molar-refractivity contribution in [2.24, 2.45) is 0 Å². The van der Waals surface area contributed by atoms with E-state index in [-0.39, 0.29) is 5.04 Å². The number of hydrogen-bond donors (Lipinski definition) is 1. The van der Waals surface area contributed by atoms with Crippen LogP contribution in [0.25, 0.3) is 0 Å². The van der Waals surface area contributed by atoms with Gasteiger partial charge in [-0.3, -0.25) is 0 Å². The molecule has 0 bridgehead atoms. The highest BCUT2D eigenvalue weighted by Crippen LogP contribution is 2.42. The van der Waals surface area contributed by atoms with E-state index in [0.29, 0.717) is 0 Å². The minimum atomic E-state index is -1.92. The molecule has 2 heteroatoms. The Morgan fingerprint density at radius 3 is 1.55 bits per heavy atom. The third-order valence-corrected chi connectivity index (χ3v) is 8.53. The molecule has 1 N–H and O–H groups in total. The third kappa shape index (κ3) is 2.06. The summed E-state index contributed by atoms with van der Waals surface area (Å²) in [6.45, 7) is 10.8. The van der Waals surface area contributed by atoms with Crippen LogP contribution in [0.2, 0.25) is 17.1 Å². The first kappa shape index (κ1) is 11.2. The molecule has 0 amide bonds. The Kier molecular flexibility index (Phi) is 3.78. The lowest BCUT2D eigenvalue weighted by molar-refractivity contribution is 0.444. The van der Waals surface area contributed by atoms with Crippen molar-refractivity contribution in [3.63, 3.8) is 0 Å². The molecule has 0 aliphatic heterocycles. The maximum Gasteiger partial charge on any atom is 0.193 e. The SMILES string of the molecule is CCC(C)(C)[Si](O)(CC)CC. The lowest BCUT2D eigenvalue weighted by Gasteiger charge is -2.38. The van der Waals surface area contributed by atoms with Gasteiger partial charge in [-0.25, -0.2) is 0 Å². The predicted octanol–water partition coefficient (Wildman–Crippen LogP) is 3.15. The lowest BCUT2D eigenvalue weighted by Crippen LogP contribution is -2.43. The van der Waals surface area contributed by atoms with E-state index in [0.717, 1.165) is 18.5 Å². The van der Waals surface area contributed by atoms with E-state index in [2.05, 4.69) is 34.6 Å². The van der Waals surface area contributed by atoms with Gasteiger partial charge in [-0.2, -0.15) is 0 Å². The average Bonchev–Trinajstić information content (AvgIpc) is 2.02. The molecule has 0 unspecified atom stereocenters. The smallest absolute Gasteiger partial charge is 0.193 e. The zero-order valence-corrected chi connectivity index (χ0v) is 9.57. The van der Waals surface area contributed by atoms with Crippen molar-refractivity contribution in [1.29, 1.82) is 0 Å². The van der Waals surface area contributed by atoms with Crippen LogP contribution in [0, 0.1) is 0 Å². The van der Waals surface area contributed by atoms with E-state index in [1.54, 1.807) is 0 Å². The topological polar surface area (TPSA) is 20.2 Å². The summed E-state index contributed by atoms with van der Waals surface area (Å²) in [6, 6.07) is 1.98. The molecule has 68 valence electrons. The highest BCUT2D eigenvalue weighted by molar-refractivity contribution is 6.75. The van der Waals surface area contributed by atoms with Crippen LogP contribution in [-0.4, -0.2) is 13.1 Å². The molecule has 0 saturated carbocycles. The normalized spacial score (nSPS) is 13.6. The lowest BCUT2D eigenvalue weighted by atomic mass is 10.1. The Hall–Kier alpha value is 0.177. The fraction of sp³-hybridized carbons (Fsp3) is 1.00. The van der Waals surface area contributed by atoms with Crippen LogP contribution < -0.4 is 0 Å². The fourth-order valence-electron chi connectivity index (χ4n) is 1.54. The monoisotopic (exact) mass is 174 g/mol. The second-order valence-electron chi connectivity index (χ2n) is 3.98. The summed E-state index contributed by atoms with van der Waals surface area (Å²) in [5.74, 6) is 0. The van der Waals surface area contributed by atoms with Gasteiger partial charge in [0, 0.05) is 0 Å². The molecular weight excluding hydrogens is 152 g/mol. The van der Waals surface area contributed by atoms with Crippen LogP contribution in [0.5, 0.6) is 0 Å². The first-order chi connectivity index (χ1) is 4.93. The van der Waals surface area contributed by atoms with Crippen LogP contribution >= 0.6 is 0 Å². The van der Waals surface area contributed by atoms with Crippen molar-refractivity contribution in [1.82, 2.24) is 0 Å².